The third-order valence-electron chi connectivity index (χ3n) is 7.73. The van der Waals surface area contributed by atoms with E-state index in [1.165, 1.54) is 24.8 Å². The molecule has 0 aromatic rings. The van der Waals surface area contributed by atoms with Gasteiger partial charge in [-0.15, -0.1) is 6.58 Å². The van der Waals surface area contributed by atoms with Gasteiger partial charge in [0.15, 0.2) is 0 Å². The predicted octanol–water partition coefficient (Wildman–Crippen LogP) is 4.05. The highest BCUT2D eigenvalue weighted by Crippen LogP contribution is 2.64. The molecular formula is C20H28O2. The lowest BCUT2D eigenvalue weighted by molar-refractivity contribution is -0.130. The van der Waals surface area contributed by atoms with Crippen molar-refractivity contribution in [2.24, 2.45) is 28.6 Å². The highest BCUT2D eigenvalue weighted by molar-refractivity contribution is 5.89. The molecule has 4 aliphatic rings. The number of ketones is 1. The van der Waals surface area contributed by atoms with Crippen LogP contribution in [0.5, 0.6) is 0 Å². The molecule has 4 aliphatic carbocycles. The Morgan fingerprint density at radius 2 is 2.09 bits per heavy atom. The Morgan fingerprint density at radius 3 is 2.86 bits per heavy atom. The van der Waals surface area contributed by atoms with Crippen molar-refractivity contribution in [1.82, 2.24) is 0 Å². The lowest BCUT2D eigenvalue weighted by Gasteiger charge is -2.57. The quantitative estimate of drug-likeness (QED) is 0.781. The van der Waals surface area contributed by atoms with Crippen LogP contribution in [0.4, 0.5) is 0 Å². The molecule has 2 heteroatoms. The summed E-state index contributed by atoms with van der Waals surface area (Å²) in [5.74, 6) is 2.12. The number of carbonyl (C=O) groups excluding carboxylic acids is 1. The van der Waals surface area contributed by atoms with E-state index in [0.717, 1.165) is 38.5 Å². The maximum atomic E-state index is 12.5. The first kappa shape index (κ1) is 14.7. The Bertz CT molecular complexity index is 534. The van der Waals surface area contributed by atoms with Crippen LogP contribution in [0, 0.1) is 28.6 Å². The minimum Gasteiger partial charge on any atom is -0.395 e. The molecule has 5 atom stereocenters. The second-order valence-corrected chi connectivity index (χ2v) is 8.10. The number of hydrogen-bond acceptors (Lipinski definition) is 2. The number of carbonyl (C=O) groups is 1. The summed E-state index contributed by atoms with van der Waals surface area (Å²) in [6, 6.07) is 0. The Kier molecular flexibility index (Phi) is 3.38. The third-order valence-corrected chi connectivity index (χ3v) is 7.73. The summed E-state index contributed by atoms with van der Waals surface area (Å²) in [4.78, 5) is 12.5. The standard InChI is InChI=1S/C20H28O2/c1-2-19-12-10-17-15(16(19)8-9-18(19)22)7-6-14-5-3-4-11-20(14,17)13-21/h2,5,15-17,21H,1,3-4,6-13H2/t15-,16-,17-,19-,20+/m0/s1. The van der Waals surface area contributed by atoms with Crippen LogP contribution < -0.4 is 0 Å². The molecule has 0 aliphatic heterocycles. The van der Waals surface area contributed by atoms with Crippen molar-refractivity contribution in [2.75, 3.05) is 6.61 Å². The number of rotatable bonds is 2. The normalized spacial score (nSPS) is 47.2. The van der Waals surface area contributed by atoms with E-state index in [4.69, 9.17) is 0 Å². The number of fused-ring (bicyclic) bond motifs is 5. The van der Waals surface area contributed by atoms with Gasteiger partial charge < -0.3 is 5.11 Å². The summed E-state index contributed by atoms with van der Waals surface area (Å²) in [7, 11) is 0. The molecule has 120 valence electrons. The van der Waals surface area contributed by atoms with Gasteiger partial charge in [0.05, 0.1) is 6.61 Å². The Hall–Kier alpha value is -0.890. The maximum Gasteiger partial charge on any atom is 0.143 e. The Labute approximate surface area is 133 Å². The SMILES string of the molecule is C=C[C@]12CC[C@H]3[C@@H](CCC4=CCCC[C@@]43CO)[C@@H]1CCC2=O. The van der Waals surface area contributed by atoms with E-state index in [0.29, 0.717) is 30.1 Å². The van der Waals surface area contributed by atoms with E-state index < -0.39 is 0 Å². The molecule has 0 spiro atoms. The van der Waals surface area contributed by atoms with Gasteiger partial charge in [0.2, 0.25) is 0 Å². The van der Waals surface area contributed by atoms with Gasteiger partial charge in [0, 0.05) is 17.3 Å². The highest BCUT2D eigenvalue weighted by Gasteiger charge is 2.60. The van der Waals surface area contributed by atoms with Gasteiger partial charge in [-0.2, -0.15) is 0 Å². The number of hydrogen-bond donors (Lipinski definition) is 1. The van der Waals surface area contributed by atoms with Gasteiger partial charge in [0.1, 0.15) is 5.78 Å². The third kappa shape index (κ3) is 1.68. The largest absolute Gasteiger partial charge is 0.395 e. The van der Waals surface area contributed by atoms with Crippen LogP contribution in [0.25, 0.3) is 0 Å². The van der Waals surface area contributed by atoms with Gasteiger partial charge in [-0.25, -0.2) is 0 Å². The average molecular weight is 300 g/mol. The van der Waals surface area contributed by atoms with Gasteiger partial charge in [0.25, 0.3) is 0 Å². The van der Waals surface area contributed by atoms with Crippen LogP contribution in [-0.4, -0.2) is 17.5 Å². The van der Waals surface area contributed by atoms with E-state index in [2.05, 4.69) is 12.7 Å². The molecule has 0 unspecified atom stereocenters. The zero-order chi connectivity index (χ0) is 15.4. The Morgan fingerprint density at radius 1 is 1.23 bits per heavy atom. The van der Waals surface area contributed by atoms with Gasteiger partial charge in [-0.1, -0.05) is 17.7 Å². The molecule has 0 saturated heterocycles. The highest BCUT2D eigenvalue weighted by atomic mass is 16.3. The van der Waals surface area contributed by atoms with E-state index in [9.17, 15) is 9.90 Å². The molecule has 0 bridgehead atoms. The lowest BCUT2D eigenvalue weighted by Crippen LogP contribution is -2.52. The molecule has 1 N–H and O–H groups in total. The summed E-state index contributed by atoms with van der Waals surface area (Å²) in [5, 5.41) is 10.3. The second kappa shape index (κ2) is 5.06. The van der Waals surface area contributed by atoms with Crippen LogP contribution in [0.1, 0.15) is 57.8 Å². The van der Waals surface area contributed by atoms with Crippen molar-refractivity contribution < 1.29 is 9.90 Å². The zero-order valence-electron chi connectivity index (χ0n) is 13.5. The number of aliphatic hydroxyl groups excluding tert-OH is 1. The molecule has 4 rings (SSSR count). The summed E-state index contributed by atoms with van der Waals surface area (Å²) in [5.41, 5.74) is 1.35. The van der Waals surface area contributed by atoms with Crippen molar-refractivity contribution >= 4 is 5.78 Å². The molecule has 2 nitrogen and oxygen atoms in total. The van der Waals surface area contributed by atoms with Crippen LogP contribution in [-0.2, 0) is 4.79 Å². The fourth-order valence-corrected chi connectivity index (χ4v) is 6.70. The van der Waals surface area contributed by atoms with Crippen molar-refractivity contribution in [1.29, 1.82) is 0 Å². The molecule has 0 heterocycles. The lowest BCUT2D eigenvalue weighted by atomic mass is 9.47. The Balaban J connectivity index is 1.73. The molecule has 0 radical (unpaired) electrons. The minimum absolute atomic E-state index is 0.0418. The maximum absolute atomic E-state index is 12.5. The van der Waals surface area contributed by atoms with Gasteiger partial charge in [-0.3, -0.25) is 4.79 Å². The number of allylic oxidation sites excluding steroid dienone is 2. The first-order chi connectivity index (χ1) is 10.7. The van der Waals surface area contributed by atoms with Crippen molar-refractivity contribution in [3.63, 3.8) is 0 Å². The van der Waals surface area contributed by atoms with Crippen LogP contribution in [0.3, 0.4) is 0 Å². The average Bonchev–Trinajstić information content (AvgIpc) is 2.92. The molecule has 0 amide bonds. The monoisotopic (exact) mass is 300 g/mol. The van der Waals surface area contributed by atoms with E-state index in [1.54, 1.807) is 0 Å². The number of aliphatic hydroxyl groups is 1. The van der Waals surface area contributed by atoms with Crippen molar-refractivity contribution in [3.8, 4) is 0 Å². The van der Waals surface area contributed by atoms with E-state index >= 15 is 0 Å². The fourth-order valence-electron chi connectivity index (χ4n) is 6.70. The molecule has 0 aromatic carbocycles. The predicted molar refractivity (Wildman–Crippen MR) is 87.3 cm³/mol. The first-order valence-electron chi connectivity index (χ1n) is 9.15. The molecule has 0 aromatic heterocycles. The van der Waals surface area contributed by atoms with Crippen LogP contribution >= 0.6 is 0 Å². The van der Waals surface area contributed by atoms with Gasteiger partial charge in [-0.05, 0) is 69.1 Å². The van der Waals surface area contributed by atoms with Crippen LogP contribution in [0.15, 0.2) is 24.3 Å². The molecule has 22 heavy (non-hydrogen) atoms. The van der Waals surface area contributed by atoms with Crippen LogP contribution in [0.2, 0.25) is 0 Å². The summed E-state index contributed by atoms with van der Waals surface area (Å²) >= 11 is 0. The molecular weight excluding hydrogens is 272 g/mol. The second-order valence-electron chi connectivity index (χ2n) is 8.10. The number of Topliss-reactive ketones (excluding diaryl/α,β-unsaturated/α-hetero) is 1. The summed E-state index contributed by atoms with van der Waals surface area (Å²) in [6.45, 7) is 4.35. The van der Waals surface area contributed by atoms with E-state index in [1.807, 2.05) is 6.08 Å². The zero-order valence-corrected chi connectivity index (χ0v) is 13.5. The minimum atomic E-state index is -0.228. The fraction of sp³-hybridized carbons (Fsp3) is 0.750. The topological polar surface area (TPSA) is 37.3 Å². The summed E-state index contributed by atoms with van der Waals surface area (Å²) in [6.07, 6.45) is 14.2. The van der Waals surface area contributed by atoms with Gasteiger partial charge >= 0.3 is 0 Å². The molecule has 3 fully saturated rings. The van der Waals surface area contributed by atoms with Crippen molar-refractivity contribution in [3.05, 3.63) is 24.3 Å². The smallest absolute Gasteiger partial charge is 0.143 e. The van der Waals surface area contributed by atoms with Crippen molar-refractivity contribution in [2.45, 2.75) is 57.8 Å². The first-order valence-corrected chi connectivity index (χ1v) is 9.15. The van der Waals surface area contributed by atoms with E-state index in [-0.39, 0.29) is 10.8 Å². The molecule has 3 saturated carbocycles. The summed E-state index contributed by atoms with van der Waals surface area (Å²) < 4.78 is 0.